The highest BCUT2D eigenvalue weighted by Gasteiger charge is 2.32. The maximum absolute atomic E-state index is 11.9. The Balaban J connectivity index is 1.82. The fourth-order valence-corrected chi connectivity index (χ4v) is 3.40. The summed E-state index contributed by atoms with van der Waals surface area (Å²) in [5.74, 6) is 0. The molecule has 0 radical (unpaired) electrons. The lowest BCUT2D eigenvalue weighted by atomic mass is 10.2. The van der Waals surface area contributed by atoms with Crippen LogP contribution < -0.4 is 4.90 Å². The normalized spacial score (nSPS) is 17.7. The summed E-state index contributed by atoms with van der Waals surface area (Å²) in [6.07, 6.45) is 0.535. The Hall–Kier alpha value is -2.17. The van der Waals surface area contributed by atoms with Crippen molar-refractivity contribution in [3.8, 4) is 6.07 Å². The number of anilines is 1. The first-order chi connectivity index (χ1) is 10.7. The van der Waals surface area contributed by atoms with Crippen molar-refractivity contribution in [3.63, 3.8) is 0 Å². The molecular weight excluding hydrogens is 302 g/mol. The van der Waals surface area contributed by atoms with Gasteiger partial charge in [-0.25, -0.2) is 9.78 Å². The maximum atomic E-state index is 11.9. The van der Waals surface area contributed by atoms with Crippen LogP contribution in [-0.4, -0.2) is 37.4 Å². The van der Waals surface area contributed by atoms with Gasteiger partial charge in [-0.15, -0.1) is 11.3 Å². The molecule has 2 heterocycles. The van der Waals surface area contributed by atoms with Crippen molar-refractivity contribution < 1.29 is 14.3 Å². The molecule has 0 bridgehead atoms. The van der Waals surface area contributed by atoms with Crippen molar-refractivity contribution in [2.24, 2.45) is 0 Å². The van der Waals surface area contributed by atoms with E-state index in [1.807, 2.05) is 18.2 Å². The van der Waals surface area contributed by atoms with E-state index >= 15 is 0 Å². The molecule has 1 unspecified atom stereocenters. The molecule has 1 aromatic carbocycles. The Kier molecular flexibility index (Phi) is 4.22. The number of nitriles is 1. The summed E-state index contributed by atoms with van der Waals surface area (Å²) >= 11 is 1.56. The van der Waals surface area contributed by atoms with Crippen LogP contribution >= 0.6 is 11.3 Å². The SMILES string of the molecule is COCC1CN(c2ccc3nc(CCC#N)sc3c2)C(=O)O1. The molecule has 22 heavy (non-hydrogen) atoms. The van der Waals surface area contributed by atoms with Crippen molar-refractivity contribution in [2.75, 3.05) is 25.2 Å². The molecule has 1 aromatic heterocycles. The number of nitrogens with zero attached hydrogens (tertiary/aromatic N) is 3. The number of thiazole rings is 1. The number of carbonyl (C=O) groups is 1. The molecule has 0 aliphatic carbocycles. The van der Waals surface area contributed by atoms with Crippen LogP contribution in [0.25, 0.3) is 10.2 Å². The average Bonchev–Trinajstić information content (AvgIpc) is 3.07. The average molecular weight is 317 g/mol. The first-order valence-corrected chi connectivity index (χ1v) is 7.76. The highest BCUT2D eigenvalue weighted by molar-refractivity contribution is 7.18. The number of hydrogen-bond acceptors (Lipinski definition) is 6. The quantitative estimate of drug-likeness (QED) is 0.847. The molecule has 1 atom stereocenters. The Labute approximate surface area is 131 Å². The highest BCUT2D eigenvalue weighted by atomic mass is 32.1. The van der Waals surface area contributed by atoms with Gasteiger partial charge in [0.2, 0.25) is 0 Å². The Morgan fingerprint density at radius 2 is 2.45 bits per heavy atom. The van der Waals surface area contributed by atoms with Crippen LogP contribution in [0.15, 0.2) is 18.2 Å². The number of aryl methyl sites for hydroxylation is 1. The largest absolute Gasteiger partial charge is 0.441 e. The molecule has 2 aromatic rings. The number of ether oxygens (including phenoxy) is 2. The molecule has 6 nitrogen and oxygen atoms in total. The standard InChI is InChI=1S/C15H15N3O3S/c1-20-9-11-8-18(15(19)21-11)10-4-5-12-13(7-10)22-14(17-12)3-2-6-16/h4-5,7,11H,2-3,8-9H2,1H3. The molecule has 1 aliphatic rings. The Morgan fingerprint density at radius 1 is 1.59 bits per heavy atom. The highest BCUT2D eigenvalue weighted by Crippen LogP contribution is 2.29. The van der Waals surface area contributed by atoms with Crippen molar-refractivity contribution in [1.82, 2.24) is 4.98 Å². The molecule has 1 amide bonds. The maximum Gasteiger partial charge on any atom is 0.414 e. The smallest absolute Gasteiger partial charge is 0.414 e. The molecule has 1 saturated heterocycles. The Bertz CT molecular complexity index is 737. The van der Waals surface area contributed by atoms with Crippen LogP contribution in [0, 0.1) is 11.3 Å². The van der Waals surface area contributed by atoms with Gasteiger partial charge in [0.25, 0.3) is 0 Å². The molecule has 3 rings (SSSR count). The molecule has 0 saturated carbocycles. The van der Waals surface area contributed by atoms with Gasteiger partial charge in [0.05, 0.1) is 34.4 Å². The van der Waals surface area contributed by atoms with Gasteiger partial charge in [-0.2, -0.15) is 5.26 Å². The zero-order valence-electron chi connectivity index (χ0n) is 12.1. The third-order valence-corrected chi connectivity index (χ3v) is 4.48. The number of cyclic esters (lactones) is 1. The van der Waals surface area contributed by atoms with E-state index in [2.05, 4.69) is 11.1 Å². The number of benzene rings is 1. The van der Waals surface area contributed by atoms with Gasteiger partial charge in [0.1, 0.15) is 6.10 Å². The van der Waals surface area contributed by atoms with Gasteiger partial charge < -0.3 is 9.47 Å². The van der Waals surface area contributed by atoms with Gasteiger partial charge in [0, 0.05) is 25.6 Å². The van der Waals surface area contributed by atoms with Gasteiger partial charge >= 0.3 is 6.09 Å². The first-order valence-electron chi connectivity index (χ1n) is 6.95. The molecule has 1 aliphatic heterocycles. The van der Waals surface area contributed by atoms with Crippen LogP contribution in [0.2, 0.25) is 0 Å². The predicted molar refractivity (Wildman–Crippen MR) is 83.0 cm³/mol. The van der Waals surface area contributed by atoms with Crippen LogP contribution in [0.4, 0.5) is 10.5 Å². The van der Waals surface area contributed by atoms with Crippen molar-refractivity contribution in [1.29, 1.82) is 5.26 Å². The number of carbonyl (C=O) groups excluding carboxylic acids is 1. The minimum absolute atomic E-state index is 0.235. The zero-order valence-corrected chi connectivity index (χ0v) is 12.9. The van der Waals surface area contributed by atoms with E-state index in [1.165, 1.54) is 0 Å². The van der Waals surface area contributed by atoms with Crippen molar-refractivity contribution in [2.45, 2.75) is 18.9 Å². The third kappa shape index (κ3) is 2.89. The van der Waals surface area contributed by atoms with Gasteiger partial charge in [-0.1, -0.05) is 0 Å². The lowest BCUT2D eigenvalue weighted by molar-refractivity contribution is 0.0718. The zero-order chi connectivity index (χ0) is 15.5. The molecule has 114 valence electrons. The number of methoxy groups -OCH3 is 1. The van der Waals surface area contributed by atoms with Crippen LogP contribution in [-0.2, 0) is 15.9 Å². The van der Waals surface area contributed by atoms with Crippen LogP contribution in [0.5, 0.6) is 0 Å². The van der Waals surface area contributed by atoms with E-state index in [0.717, 1.165) is 20.9 Å². The van der Waals surface area contributed by atoms with E-state index in [0.29, 0.717) is 26.0 Å². The molecule has 7 heteroatoms. The number of hydrogen-bond donors (Lipinski definition) is 0. The summed E-state index contributed by atoms with van der Waals surface area (Å²) in [4.78, 5) is 18.0. The fourth-order valence-electron chi connectivity index (χ4n) is 2.40. The van der Waals surface area contributed by atoms with Gasteiger partial charge in [-0.3, -0.25) is 4.90 Å². The fraction of sp³-hybridized carbons (Fsp3) is 0.400. The van der Waals surface area contributed by atoms with Gasteiger partial charge in [-0.05, 0) is 18.2 Å². The minimum atomic E-state index is -0.351. The molecule has 0 N–H and O–H groups in total. The number of rotatable bonds is 5. The monoisotopic (exact) mass is 317 g/mol. The van der Waals surface area contributed by atoms with E-state index in [1.54, 1.807) is 23.3 Å². The molecule has 0 spiro atoms. The predicted octanol–water partition coefficient (Wildman–Crippen LogP) is 2.72. The number of fused-ring (bicyclic) bond motifs is 1. The summed E-state index contributed by atoms with van der Waals surface area (Å²) < 4.78 is 11.3. The van der Waals surface area contributed by atoms with E-state index in [9.17, 15) is 4.79 Å². The number of amides is 1. The van der Waals surface area contributed by atoms with Crippen LogP contribution in [0.1, 0.15) is 11.4 Å². The summed E-state index contributed by atoms with van der Waals surface area (Å²) in [6.45, 7) is 0.877. The summed E-state index contributed by atoms with van der Waals surface area (Å²) in [7, 11) is 1.59. The van der Waals surface area contributed by atoms with E-state index in [-0.39, 0.29) is 12.2 Å². The molecule has 1 fully saturated rings. The van der Waals surface area contributed by atoms with E-state index < -0.39 is 0 Å². The second kappa shape index (κ2) is 6.30. The second-order valence-electron chi connectivity index (χ2n) is 4.99. The first kappa shape index (κ1) is 14.8. The lowest BCUT2D eigenvalue weighted by Gasteiger charge is -2.12. The van der Waals surface area contributed by atoms with E-state index in [4.69, 9.17) is 14.7 Å². The summed E-state index contributed by atoms with van der Waals surface area (Å²) in [6, 6.07) is 7.83. The van der Waals surface area contributed by atoms with Crippen LogP contribution in [0.3, 0.4) is 0 Å². The lowest BCUT2D eigenvalue weighted by Crippen LogP contribution is -2.25. The van der Waals surface area contributed by atoms with Gasteiger partial charge in [0.15, 0.2) is 0 Å². The number of aromatic nitrogens is 1. The summed E-state index contributed by atoms with van der Waals surface area (Å²) in [5, 5.41) is 9.59. The van der Waals surface area contributed by atoms with Crippen molar-refractivity contribution >= 4 is 33.3 Å². The van der Waals surface area contributed by atoms with Crippen molar-refractivity contribution in [3.05, 3.63) is 23.2 Å². The minimum Gasteiger partial charge on any atom is -0.441 e. The second-order valence-corrected chi connectivity index (χ2v) is 6.10. The molecular formula is C15H15N3O3S. The topological polar surface area (TPSA) is 75.5 Å². The Morgan fingerprint density at radius 3 is 3.23 bits per heavy atom. The third-order valence-electron chi connectivity index (χ3n) is 3.41. The summed E-state index contributed by atoms with van der Waals surface area (Å²) in [5.41, 5.74) is 1.69.